The van der Waals surface area contributed by atoms with Gasteiger partial charge in [0.05, 0.1) is 21.8 Å². The van der Waals surface area contributed by atoms with E-state index in [1.807, 2.05) is 50.4 Å². The molecule has 4 heteroatoms. The minimum absolute atomic E-state index is 0.164. The summed E-state index contributed by atoms with van der Waals surface area (Å²) in [6, 6.07) is 11.9. The maximum atomic E-state index is 6.04. The Morgan fingerprint density at radius 3 is 2.58 bits per heavy atom. The van der Waals surface area contributed by atoms with Crippen LogP contribution in [0.25, 0.3) is 0 Å². The summed E-state index contributed by atoms with van der Waals surface area (Å²) < 4.78 is 0. The molecule has 1 heterocycles. The normalized spacial score (nSPS) is 12.4. The van der Waals surface area contributed by atoms with Gasteiger partial charge in [-0.2, -0.15) is 0 Å². The molecule has 0 saturated carbocycles. The summed E-state index contributed by atoms with van der Waals surface area (Å²) in [5.41, 5.74) is 3.19. The number of nitrogens with zero attached hydrogens (tertiary/aromatic N) is 1. The van der Waals surface area contributed by atoms with E-state index in [1.54, 1.807) is 0 Å². The summed E-state index contributed by atoms with van der Waals surface area (Å²) in [5.74, 6) is 0. The first-order chi connectivity index (χ1) is 9.10. The van der Waals surface area contributed by atoms with Crippen molar-refractivity contribution in [2.24, 2.45) is 0 Å². The molecule has 19 heavy (non-hydrogen) atoms. The predicted molar refractivity (Wildman–Crippen MR) is 80.9 cm³/mol. The van der Waals surface area contributed by atoms with Gasteiger partial charge in [-0.05, 0) is 50.2 Å². The van der Waals surface area contributed by atoms with Gasteiger partial charge in [-0.25, -0.2) is 0 Å². The molecule has 1 N–H and O–H groups in total. The van der Waals surface area contributed by atoms with Crippen molar-refractivity contribution in [3.63, 3.8) is 0 Å². The molecule has 100 valence electrons. The Morgan fingerprint density at radius 1 is 1.16 bits per heavy atom. The standard InChI is InChI=1S/C15H16Cl2N2/c1-10-4-3-5-14(19-10)15(18-2)9-11-6-7-12(16)13(17)8-11/h3-8,15,18H,9H2,1-2H3. The second-order valence-electron chi connectivity index (χ2n) is 4.50. The molecule has 0 aliphatic heterocycles. The highest BCUT2D eigenvalue weighted by Crippen LogP contribution is 2.25. The van der Waals surface area contributed by atoms with Gasteiger partial charge in [-0.3, -0.25) is 4.98 Å². The highest BCUT2D eigenvalue weighted by Gasteiger charge is 2.12. The Hall–Kier alpha value is -1.09. The van der Waals surface area contributed by atoms with Crippen LogP contribution in [0.4, 0.5) is 0 Å². The number of aromatic nitrogens is 1. The van der Waals surface area contributed by atoms with Crippen molar-refractivity contribution in [1.82, 2.24) is 10.3 Å². The second-order valence-corrected chi connectivity index (χ2v) is 5.31. The summed E-state index contributed by atoms with van der Waals surface area (Å²) in [5, 5.41) is 4.46. The van der Waals surface area contributed by atoms with E-state index in [0.717, 1.165) is 23.4 Å². The fourth-order valence-electron chi connectivity index (χ4n) is 2.02. The van der Waals surface area contributed by atoms with Gasteiger partial charge >= 0.3 is 0 Å². The van der Waals surface area contributed by atoms with Gasteiger partial charge in [0.25, 0.3) is 0 Å². The number of pyridine rings is 1. The number of hydrogen-bond donors (Lipinski definition) is 1. The first-order valence-corrected chi connectivity index (χ1v) is 6.90. The van der Waals surface area contributed by atoms with Crippen molar-refractivity contribution in [3.8, 4) is 0 Å². The van der Waals surface area contributed by atoms with Crippen LogP contribution < -0.4 is 5.32 Å². The summed E-state index contributed by atoms with van der Waals surface area (Å²) in [6.07, 6.45) is 0.823. The molecule has 2 rings (SSSR count). The fourth-order valence-corrected chi connectivity index (χ4v) is 2.34. The number of halogens is 2. The van der Waals surface area contributed by atoms with E-state index in [4.69, 9.17) is 23.2 Å². The molecule has 0 radical (unpaired) electrons. The van der Waals surface area contributed by atoms with E-state index in [2.05, 4.69) is 10.3 Å². The lowest BCUT2D eigenvalue weighted by molar-refractivity contribution is 0.574. The molecule has 0 spiro atoms. The summed E-state index contributed by atoms with van der Waals surface area (Å²) in [6.45, 7) is 2.00. The van der Waals surface area contributed by atoms with Crippen LogP contribution >= 0.6 is 23.2 Å². The second kappa shape index (κ2) is 6.38. The van der Waals surface area contributed by atoms with E-state index in [9.17, 15) is 0 Å². The van der Waals surface area contributed by atoms with Crippen molar-refractivity contribution in [1.29, 1.82) is 0 Å². The molecule has 0 amide bonds. The number of aryl methyl sites for hydroxylation is 1. The van der Waals surface area contributed by atoms with Gasteiger partial charge in [0, 0.05) is 5.69 Å². The topological polar surface area (TPSA) is 24.9 Å². The van der Waals surface area contributed by atoms with Crippen molar-refractivity contribution < 1.29 is 0 Å². The molecule has 2 aromatic rings. The highest BCUT2D eigenvalue weighted by atomic mass is 35.5. The van der Waals surface area contributed by atoms with Crippen LogP contribution in [0.3, 0.4) is 0 Å². The SMILES string of the molecule is CNC(Cc1ccc(Cl)c(Cl)c1)c1cccc(C)n1. The highest BCUT2D eigenvalue weighted by molar-refractivity contribution is 6.42. The van der Waals surface area contributed by atoms with E-state index in [1.165, 1.54) is 0 Å². The third-order valence-corrected chi connectivity index (χ3v) is 3.78. The first-order valence-electron chi connectivity index (χ1n) is 6.15. The molecule has 0 fully saturated rings. The number of nitrogens with one attached hydrogen (secondary N) is 1. The number of hydrogen-bond acceptors (Lipinski definition) is 2. The molecule has 1 aromatic heterocycles. The van der Waals surface area contributed by atoms with E-state index in [-0.39, 0.29) is 6.04 Å². The lowest BCUT2D eigenvalue weighted by atomic mass is 10.0. The molecule has 0 saturated heterocycles. The van der Waals surface area contributed by atoms with Crippen LogP contribution in [-0.4, -0.2) is 12.0 Å². The summed E-state index contributed by atoms with van der Waals surface area (Å²) in [4.78, 5) is 4.56. The number of benzene rings is 1. The molecule has 0 bridgehead atoms. The molecule has 2 nitrogen and oxygen atoms in total. The molecular formula is C15H16Cl2N2. The van der Waals surface area contributed by atoms with Crippen LogP contribution in [0.15, 0.2) is 36.4 Å². The van der Waals surface area contributed by atoms with Gasteiger partial charge in [0.2, 0.25) is 0 Å². The van der Waals surface area contributed by atoms with Crippen molar-refractivity contribution >= 4 is 23.2 Å². The van der Waals surface area contributed by atoms with Gasteiger partial charge in [0.1, 0.15) is 0 Å². The van der Waals surface area contributed by atoms with Gasteiger partial charge in [0.15, 0.2) is 0 Å². The van der Waals surface area contributed by atoms with Gasteiger partial charge < -0.3 is 5.32 Å². The average molecular weight is 295 g/mol. The third kappa shape index (κ3) is 3.69. The average Bonchev–Trinajstić information content (AvgIpc) is 2.40. The lowest BCUT2D eigenvalue weighted by Gasteiger charge is -2.16. The Morgan fingerprint density at radius 2 is 1.95 bits per heavy atom. The van der Waals surface area contributed by atoms with Crippen molar-refractivity contribution in [3.05, 3.63) is 63.4 Å². The summed E-state index contributed by atoms with van der Waals surface area (Å²) >= 11 is 12.0. The number of rotatable bonds is 4. The molecule has 1 atom stereocenters. The van der Waals surface area contributed by atoms with Crippen LogP contribution in [0.1, 0.15) is 23.0 Å². The maximum absolute atomic E-state index is 6.04. The fraction of sp³-hybridized carbons (Fsp3) is 0.267. The zero-order valence-electron chi connectivity index (χ0n) is 11.0. The Bertz CT molecular complexity index is 570. The van der Waals surface area contributed by atoms with Crippen molar-refractivity contribution in [2.45, 2.75) is 19.4 Å². The zero-order valence-corrected chi connectivity index (χ0v) is 12.5. The third-order valence-electron chi connectivity index (χ3n) is 3.04. The van der Waals surface area contributed by atoms with Crippen LogP contribution in [0.5, 0.6) is 0 Å². The molecule has 0 aliphatic rings. The smallest absolute Gasteiger partial charge is 0.0595 e. The Labute approximate surface area is 123 Å². The monoisotopic (exact) mass is 294 g/mol. The Balaban J connectivity index is 2.21. The first kappa shape index (κ1) is 14.3. The molecule has 0 aliphatic carbocycles. The predicted octanol–water partition coefficient (Wildman–Crippen LogP) is 4.20. The quantitative estimate of drug-likeness (QED) is 0.914. The van der Waals surface area contributed by atoms with E-state index in [0.29, 0.717) is 10.0 Å². The maximum Gasteiger partial charge on any atom is 0.0595 e. The molecule has 1 unspecified atom stereocenters. The summed E-state index contributed by atoms with van der Waals surface area (Å²) in [7, 11) is 1.94. The zero-order chi connectivity index (χ0) is 13.8. The van der Waals surface area contributed by atoms with Gasteiger partial charge in [-0.1, -0.05) is 35.3 Å². The van der Waals surface area contributed by atoms with Crippen LogP contribution in [0.2, 0.25) is 10.0 Å². The van der Waals surface area contributed by atoms with E-state index < -0.39 is 0 Å². The van der Waals surface area contributed by atoms with E-state index >= 15 is 0 Å². The number of likely N-dealkylation sites (N-methyl/N-ethyl adjacent to an activating group) is 1. The molecular weight excluding hydrogens is 279 g/mol. The molecule has 1 aromatic carbocycles. The lowest BCUT2D eigenvalue weighted by Crippen LogP contribution is -2.20. The van der Waals surface area contributed by atoms with Crippen molar-refractivity contribution in [2.75, 3.05) is 7.05 Å². The van der Waals surface area contributed by atoms with Crippen LogP contribution in [-0.2, 0) is 6.42 Å². The largest absolute Gasteiger partial charge is 0.311 e. The Kier molecular flexibility index (Phi) is 4.81. The minimum Gasteiger partial charge on any atom is -0.311 e. The minimum atomic E-state index is 0.164. The van der Waals surface area contributed by atoms with Crippen LogP contribution in [0, 0.1) is 6.92 Å². The van der Waals surface area contributed by atoms with Gasteiger partial charge in [-0.15, -0.1) is 0 Å².